The minimum Gasteiger partial charge on any atom is -0.284 e. The standard InChI is InChI=1S/C10H14N4/c1-8-4-3-6-12-10(8)14-7-5-9(11-2)13-14/h3-4,6H,5,7H2,1-2H3,(H,11,13). The number of nitrogens with zero attached hydrogens (tertiary/aromatic N) is 3. The Kier molecular flexibility index (Phi) is 2.35. The number of pyridine rings is 1. The molecule has 1 aliphatic heterocycles. The molecule has 2 rings (SSSR count). The number of anilines is 1. The maximum absolute atomic E-state index is 4.34. The van der Waals surface area contributed by atoms with Crippen molar-refractivity contribution in [3.8, 4) is 0 Å². The number of aromatic nitrogens is 1. The highest BCUT2D eigenvalue weighted by atomic mass is 15.6. The van der Waals surface area contributed by atoms with Gasteiger partial charge in [-0.25, -0.2) is 4.98 Å². The number of aliphatic imine (C=N–C) groups is 1. The molecule has 74 valence electrons. The van der Waals surface area contributed by atoms with Gasteiger partial charge in [0.2, 0.25) is 0 Å². The maximum atomic E-state index is 4.34. The number of amidine groups is 1. The molecule has 0 aromatic carbocycles. The van der Waals surface area contributed by atoms with E-state index in [1.54, 1.807) is 7.05 Å². The van der Waals surface area contributed by atoms with Crippen molar-refractivity contribution in [3.05, 3.63) is 23.9 Å². The van der Waals surface area contributed by atoms with E-state index in [0.717, 1.165) is 24.6 Å². The average Bonchev–Trinajstić information content (AvgIpc) is 2.67. The Morgan fingerprint density at radius 1 is 1.57 bits per heavy atom. The van der Waals surface area contributed by atoms with Gasteiger partial charge >= 0.3 is 0 Å². The van der Waals surface area contributed by atoms with E-state index in [1.165, 1.54) is 5.56 Å². The lowest BCUT2D eigenvalue weighted by Crippen LogP contribution is -2.34. The van der Waals surface area contributed by atoms with Crippen LogP contribution in [0, 0.1) is 6.92 Å². The molecular weight excluding hydrogens is 176 g/mol. The van der Waals surface area contributed by atoms with E-state index < -0.39 is 0 Å². The summed E-state index contributed by atoms with van der Waals surface area (Å²) in [5.74, 6) is 2.02. The summed E-state index contributed by atoms with van der Waals surface area (Å²) in [6.45, 7) is 3.00. The van der Waals surface area contributed by atoms with Crippen LogP contribution in [0.5, 0.6) is 0 Å². The summed E-state index contributed by atoms with van der Waals surface area (Å²) in [4.78, 5) is 8.47. The molecule has 1 saturated heterocycles. The summed E-state index contributed by atoms with van der Waals surface area (Å²) in [5.41, 5.74) is 4.40. The summed E-state index contributed by atoms with van der Waals surface area (Å²) in [5, 5.41) is 2.04. The van der Waals surface area contributed by atoms with Crippen molar-refractivity contribution in [2.75, 3.05) is 18.6 Å². The molecular formula is C10H14N4. The first-order valence-corrected chi connectivity index (χ1v) is 4.72. The van der Waals surface area contributed by atoms with E-state index in [4.69, 9.17) is 0 Å². The molecule has 0 radical (unpaired) electrons. The lowest BCUT2D eigenvalue weighted by molar-refractivity contribution is 0.830. The van der Waals surface area contributed by atoms with Gasteiger partial charge < -0.3 is 0 Å². The van der Waals surface area contributed by atoms with Crippen LogP contribution in [0.1, 0.15) is 12.0 Å². The summed E-state index contributed by atoms with van der Waals surface area (Å²) in [6, 6.07) is 4.01. The van der Waals surface area contributed by atoms with E-state index in [2.05, 4.69) is 28.4 Å². The van der Waals surface area contributed by atoms with Gasteiger partial charge in [0, 0.05) is 26.2 Å². The first-order valence-electron chi connectivity index (χ1n) is 4.72. The zero-order valence-electron chi connectivity index (χ0n) is 8.49. The fourth-order valence-corrected chi connectivity index (χ4v) is 1.57. The highest BCUT2D eigenvalue weighted by Crippen LogP contribution is 2.16. The van der Waals surface area contributed by atoms with Gasteiger partial charge in [-0.1, -0.05) is 6.07 Å². The second-order valence-corrected chi connectivity index (χ2v) is 3.33. The smallest absolute Gasteiger partial charge is 0.149 e. The normalized spacial score (nSPS) is 18.7. The fourth-order valence-electron chi connectivity index (χ4n) is 1.57. The SMILES string of the molecule is CN=C1CCN(c2ncccc2C)N1. The van der Waals surface area contributed by atoms with Gasteiger partial charge in [0.1, 0.15) is 11.7 Å². The van der Waals surface area contributed by atoms with Crippen LogP contribution >= 0.6 is 0 Å². The molecule has 1 N–H and O–H groups in total. The summed E-state index contributed by atoms with van der Waals surface area (Å²) in [7, 11) is 1.80. The molecule has 1 aromatic heterocycles. The van der Waals surface area contributed by atoms with Gasteiger partial charge in [0.25, 0.3) is 0 Å². The molecule has 4 nitrogen and oxygen atoms in total. The molecule has 1 aliphatic rings. The van der Waals surface area contributed by atoms with Crippen LogP contribution in [0.4, 0.5) is 5.82 Å². The van der Waals surface area contributed by atoms with Gasteiger partial charge in [-0.3, -0.25) is 15.4 Å². The Morgan fingerprint density at radius 3 is 3.07 bits per heavy atom. The third-order valence-corrected chi connectivity index (χ3v) is 2.34. The number of hydrazine groups is 1. The highest BCUT2D eigenvalue weighted by Gasteiger charge is 2.18. The van der Waals surface area contributed by atoms with Crippen molar-refractivity contribution < 1.29 is 0 Å². The minimum absolute atomic E-state index is 0.935. The van der Waals surface area contributed by atoms with Gasteiger partial charge in [0.05, 0.1) is 0 Å². The van der Waals surface area contributed by atoms with Gasteiger partial charge in [-0.2, -0.15) is 0 Å². The van der Waals surface area contributed by atoms with Crippen LogP contribution in [-0.2, 0) is 0 Å². The zero-order valence-corrected chi connectivity index (χ0v) is 8.49. The first kappa shape index (κ1) is 8.99. The molecule has 0 amide bonds. The lowest BCUT2D eigenvalue weighted by Gasteiger charge is -2.18. The monoisotopic (exact) mass is 190 g/mol. The molecule has 0 atom stereocenters. The predicted molar refractivity (Wildman–Crippen MR) is 57.4 cm³/mol. The third-order valence-electron chi connectivity index (χ3n) is 2.34. The fraction of sp³-hybridized carbons (Fsp3) is 0.400. The molecule has 2 heterocycles. The second-order valence-electron chi connectivity index (χ2n) is 3.33. The van der Waals surface area contributed by atoms with E-state index in [1.807, 2.05) is 17.3 Å². The van der Waals surface area contributed by atoms with Crippen LogP contribution in [0.2, 0.25) is 0 Å². The van der Waals surface area contributed by atoms with E-state index in [-0.39, 0.29) is 0 Å². The molecule has 4 heteroatoms. The minimum atomic E-state index is 0.935. The Balaban J connectivity index is 2.21. The van der Waals surface area contributed by atoms with Gasteiger partial charge in [-0.05, 0) is 18.6 Å². The zero-order chi connectivity index (χ0) is 9.97. The Labute approximate surface area is 83.6 Å². The molecule has 0 unspecified atom stereocenters. The summed E-state index contributed by atoms with van der Waals surface area (Å²) in [6.07, 6.45) is 2.78. The van der Waals surface area contributed by atoms with Gasteiger partial charge in [0.15, 0.2) is 0 Å². The second kappa shape index (κ2) is 3.65. The average molecular weight is 190 g/mol. The number of nitrogens with one attached hydrogen (secondary N) is 1. The Hall–Kier alpha value is -1.58. The van der Waals surface area contributed by atoms with Crippen molar-refractivity contribution in [1.29, 1.82) is 0 Å². The Morgan fingerprint density at radius 2 is 2.43 bits per heavy atom. The molecule has 14 heavy (non-hydrogen) atoms. The number of rotatable bonds is 1. The van der Waals surface area contributed by atoms with Crippen LogP contribution < -0.4 is 10.4 Å². The maximum Gasteiger partial charge on any atom is 0.149 e. The van der Waals surface area contributed by atoms with Crippen LogP contribution in [0.25, 0.3) is 0 Å². The largest absolute Gasteiger partial charge is 0.284 e. The van der Waals surface area contributed by atoms with Crippen molar-refractivity contribution in [2.45, 2.75) is 13.3 Å². The molecule has 0 saturated carbocycles. The predicted octanol–water partition coefficient (Wildman–Crippen LogP) is 1.13. The van der Waals surface area contributed by atoms with Crippen molar-refractivity contribution >= 4 is 11.7 Å². The molecule has 0 spiro atoms. The molecule has 0 aliphatic carbocycles. The van der Waals surface area contributed by atoms with E-state index in [9.17, 15) is 0 Å². The Bertz CT molecular complexity index is 359. The van der Waals surface area contributed by atoms with Crippen molar-refractivity contribution in [1.82, 2.24) is 10.4 Å². The quantitative estimate of drug-likeness (QED) is 0.721. The summed E-state index contributed by atoms with van der Waals surface area (Å²) < 4.78 is 0. The summed E-state index contributed by atoms with van der Waals surface area (Å²) >= 11 is 0. The number of hydrogen-bond acceptors (Lipinski definition) is 3. The number of aryl methyl sites for hydroxylation is 1. The molecule has 1 fully saturated rings. The lowest BCUT2D eigenvalue weighted by atomic mass is 10.3. The topological polar surface area (TPSA) is 40.5 Å². The van der Waals surface area contributed by atoms with Crippen LogP contribution in [0.15, 0.2) is 23.3 Å². The van der Waals surface area contributed by atoms with Gasteiger partial charge in [-0.15, -0.1) is 0 Å². The van der Waals surface area contributed by atoms with E-state index in [0.29, 0.717) is 0 Å². The highest BCUT2D eigenvalue weighted by molar-refractivity contribution is 5.86. The van der Waals surface area contributed by atoms with Crippen molar-refractivity contribution in [3.63, 3.8) is 0 Å². The van der Waals surface area contributed by atoms with Crippen molar-refractivity contribution in [2.24, 2.45) is 4.99 Å². The molecule has 0 bridgehead atoms. The number of hydrogen-bond donors (Lipinski definition) is 1. The van der Waals surface area contributed by atoms with Crippen LogP contribution in [0.3, 0.4) is 0 Å². The first-order chi connectivity index (χ1) is 6.81. The molecule has 1 aromatic rings. The third kappa shape index (κ3) is 1.55. The van der Waals surface area contributed by atoms with E-state index >= 15 is 0 Å². The van der Waals surface area contributed by atoms with Crippen LogP contribution in [-0.4, -0.2) is 24.4 Å².